The van der Waals surface area contributed by atoms with E-state index < -0.39 is 0 Å². The molecule has 1 aromatic rings. The summed E-state index contributed by atoms with van der Waals surface area (Å²) in [6.07, 6.45) is 5.11. The number of hydrogen-bond acceptors (Lipinski definition) is 4. The number of nitrogens with one attached hydrogen (secondary N) is 1. The molecule has 1 fully saturated rings. The Bertz CT molecular complexity index is 518. The van der Waals surface area contributed by atoms with Gasteiger partial charge in [0.2, 0.25) is 0 Å². The van der Waals surface area contributed by atoms with Crippen LogP contribution in [0.25, 0.3) is 0 Å². The topological polar surface area (TPSA) is 67.2 Å². The van der Waals surface area contributed by atoms with Crippen LogP contribution in [0, 0.1) is 11.8 Å². The van der Waals surface area contributed by atoms with Gasteiger partial charge >= 0.3 is 0 Å². The monoisotopic (exact) mass is 343 g/mol. The summed E-state index contributed by atoms with van der Waals surface area (Å²) in [7, 11) is 0. The molecule has 0 aromatic carbocycles. The third-order valence-electron chi connectivity index (χ3n) is 4.25. The molecule has 6 heteroatoms. The van der Waals surface area contributed by atoms with Gasteiger partial charge in [0, 0.05) is 6.04 Å². The van der Waals surface area contributed by atoms with E-state index in [9.17, 15) is 4.79 Å². The predicted molar refractivity (Wildman–Crippen MR) is 82.9 cm³/mol. The van der Waals surface area contributed by atoms with Crippen molar-refractivity contribution in [2.24, 2.45) is 11.8 Å². The van der Waals surface area contributed by atoms with E-state index in [1.165, 1.54) is 11.1 Å². The molecular weight excluding hydrogens is 322 g/mol. The van der Waals surface area contributed by atoms with Gasteiger partial charge in [0.1, 0.15) is 4.47 Å². The summed E-state index contributed by atoms with van der Waals surface area (Å²) < 4.78 is 1.76. The minimum atomic E-state index is -0.207. The van der Waals surface area contributed by atoms with Crippen molar-refractivity contribution < 1.29 is 5.11 Å². The van der Waals surface area contributed by atoms with Crippen molar-refractivity contribution in [2.75, 3.05) is 11.9 Å². The first-order valence-corrected chi connectivity index (χ1v) is 7.95. The minimum absolute atomic E-state index is 0.0931. The standard InChI is InChI=1S/C14H22BrN3O2/c1-9-3-4-11(7-10(9)2)17-12-8-16-18(5-6-19)14(20)13(12)15/h8-11,17,19H,3-7H2,1-2H3. The molecule has 1 saturated carbocycles. The van der Waals surface area contributed by atoms with Gasteiger partial charge in [-0.15, -0.1) is 0 Å². The second-order valence-electron chi connectivity index (χ2n) is 5.73. The van der Waals surface area contributed by atoms with Crippen molar-refractivity contribution in [3.05, 3.63) is 21.0 Å². The fourth-order valence-electron chi connectivity index (χ4n) is 2.72. The highest BCUT2D eigenvalue weighted by molar-refractivity contribution is 9.10. The molecule has 0 radical (unpaired) electrons. The van der Waals surface area contributed by atoms with Gasteiger partial charge in [-0.05, 0) is 47.0 Å². The van der Waals surface area contributed by atoms with Crippen molar-refractivity contribution >= 4 is 21.6 Å². The van der Waals surface area contributed by atoms with Crippen LogP contribution in [0.3, 0.4) is 0 Å². The quantitative estimate of drug-likeness (QED) is 0.879. The van der Waals surface area contributed by atoms with Gasteiger partial charge in [-0.25, -0.2) is 4.68 Å². The van der Waals surface area contributed by atoms with E-state index in [4.69, 9.17) is 5.11 Å². The van der Waals surface area contributed by atoms with Gasteiger partial charge in [0.25, 0.3) is 5.56 Å². The maximum absolute atomic E-state index is 12.0. The molecule has 1 aromatic heterocycles. The van der Waals surface area contributed by atoms with Crippen LogP contribution in [0.5, 0.6) is 0 Å². The molecule has 1 aliphatic carbocycles. The third kappa shape index (κ3) is 3.41. The van der Waals surface area contributed by atoms with Gasteiger partial charge in [-0.2, -0.15) is 5.10 Å². The molecule has 1 heterocycles. The Labute approximate surface area is 127 Å². The van der Waals surface area contributed by atoms with E-state index in [2.05, 4.69) is 40.2 Å². The minimum Gasteiger partial charge on any atom is -0.394 e. The highest BCUT2D eigenvalue weighted by Gasteiger charge is 2.25. The normalized spacial score (nSPS) is 26.5. The Kier molecular flexibility index (Phi) is 5.21. The van der Waals surface area contributed by atoms with Crippen molar-refractivity contribution in [3.63, 3.8) is 0 Å². The van der Waals surface area contributed by atoms with Crippen molar-refractivity contribution in [1.29, 1.82) is 0 Å². The molecule has 0 saturated heterocycles. The van der Waals surface area contributed by atoms with E-state index in [-0.39, 0.29) is 18.7 Å². The van der Waals surface area contributed by atoms with E-state index >= 15 is 0 Å². The fourth-order valence-corrected chi connectivity index (χ4v) is 3.14. The Morgan fingerprint density at radius 2 is 2.20 bits per heavy atom. The van der Waals surface area contributed by atoms with Crippen LogP contribution >= 0.6 is 15.9 Å². The average Bonchev–Trinajstić information content (AvgIpc) is 2.42. The lowest BCUT2D eigenvalue weighted by Gasteiger charge is -2.33. The van der Waals surface area contributed by atoms with Gasteiger partial charge in [-0.3, -0.25) is 4.79 Å². The Morgan fingerprint density at radius 3 is 2.85 bits per heavy atom. The smallest absolute Gasteiger partial charge is 0.283 e. The highest BCUT2D eigenvalue weighted by Crippen LogP contribution is 2.31. The maximum atomic E-state index is 12.0. The zero-order chi connectivity index (χ0) is 14.7. The van der Waals surface area contributed by atoms with Crippen LogP contribution in [0.1, 0.15) is 33.1 Å². The summed E-state index contributed by atoms with van der Waals surface area (Å²) in [4.78, 5) is 12.0. The van der Waals surface area contributed by atoms with Crippen LogP contribution in [0.4, 0.5) is 5.69 Å². The number of aromatic nitrogens is 2. The highest BCUT2D eigenvalue weighted by atomic mass is 79.9. The molecule has 0 amide bonds. The summed E-state index contributed by atoms with van der Waals surface area (Å²) in [6, 6.07) is 0.396. The summed E-state index contributed by atoms with van der Waals surface area (Å²) >= 11 is 3.34. The summed E-state index contributed by atoms with van der Waals surface area (Å²) in [6.45, 7) is 4.71. The first-order chi connectivity index (χ1) is 9.52. The van der Waals surface area contributed by atoms with Crippen LogP contribution < -0.4 is 10.9 Å². The van der Waals surface area contributed by atoms with Crippen LogP contribution in [0.15, 0.2) is 15.5 Å². The van der Waals surface area contributed by atoms with Crippen molar-refractivity contribution in [2.45, 2.75) is 45.7 Å². The molecule has 2 rings (SSSR count). The average molecular weight is 344 g/mol. The number of halogens is 1. The number of hydrogen-bond donors (Lipinski definition) is 2. The summed E-state index contributed by atoms with van der Waals surface area (Å²) in [5.74, 6) is 1.47. The fraction of sp³-hybridized carbons (Fsp3) is 0.714. The van der Waals surface area contributed by atoms with Crippen LogP contribution in [-0.4, -0.2) is 27.5 Å². The Balaban J connectivity index is 2.10. The second kappa shape index (κ2) is 6.72. The van der Waals surface area contributed by atoms with Gasteiger partial charge in [0.05, 0.1) is 25.0 Å². The molecular formula is C14H22BrN3O2. The molecule has 3 atom stereocenters. The number of nitrogens with zero attached hydrogens (tertiary/aromatic N) is 2. The molecule has 112 valence electrons. The van der Waals surface area contributed by atoms with Crippen LogP contribution in [0.2, 0.25) is 0 Å². The summed E-state index contributed by atoms with van der Waals surface area (Å²) in [5.41, 5.74) is 0.539. The SMILES string of the molecule is CC1CCC(Nc2cnn(CCO)c(=O)c2Br)CC1C. The van der Waals surface area contributed by atoms with Crippen LogP contribution in [-0.2, 0) is 6.54 Å². The number of aliphatic hydroxyl groups is 1. The lowest BCUT2D eigenvalue weighted by molar-refractivity contribution is 0.260. The van der Waals surface area contributed by atoms with Gasteiger partial charge in [0.15, 0.2) is 0 Å². The molecule has 1 aliphatic rings. The van der Waals surface area contributed by atoms with Gasteiger partial charge < -0.3 is 10.4 Å². The first-order valence-electron chi connectivity index (χ1n) is 7.16. The zero-order valence-corrected chi connectivity index (χ0v) is 13.6. The largest absolute Gasteiger partial charge is 0.394 e. The van der Waals surface area contributed by atoms with E-state index in [0.717, 1.165) is 24.4 Å². The molecule has 5 nitrogen and oxygen atoms in total. The van der Waals surface area contributed by atoms with Crippen molar-refractivity contribution in [3.8, 4) is 0 Å². The molecule has 0 bridgehead atoms. The number of anilines is 1. The number of aliphatic hydroxyl groups excluding tert-OH is 1. The van der Waals surface area contributed by atoms with Gasteiger partial charge in [-0.1, -0.05) is 13.8 Å². The van der Waals surface area contributed by atoms with Crippen molar-refractivity contribution in [1.82, 2.24) is 9.78 Å². The molecule has 20 heavy (non-hydrogen) atoms. The summed E-state index contributed by atoms with van der Waals surface area (Å²) in [5, 5.41) is 16.4. The Hall–Kier alpha value is -0.880. The lowest BCUT2D eigenvalue weighted by Crippen LogP contribution is -2.32. The van der Waals surface area contributed by atoms with E-state index in [1.807, 2.05) is 0 Å². The predicted octanol–water partition coefficient (Wildman–Crippen LogP) is 2.23. The first kappa shape index (κ1) is 15.5. The molecule has 3 unspecified atom stereocenters. The molecule has 0 aliphatic heterocycles. The zero-order valence-electron chi connectivity index (χ0n) is 12.0. The molecule has 2 N–H and O–H groups in total. The third-order valence-corrected chi connectivity index (χ3v) is 5.02. The van der Waals surface area contributed by atoms with E-state index in [0.29, 0.717) is 16.4 Å². The Morgan fingerprint density at radius 1 is 1.45 bits per heavy atom. The van der Waals surface area contributed by atoms with E-state index in [1.54, 1.807) is 6.20 Å². The lowest BCUT2D eigenvalue weighted by atomic mass is 9.79. The maximum Gasteiger partial charge on any atom is 0.283 e. The second-order valence-corrected chi connectivity index (χ2v) is 6.53. The number of rotatable bonds is 4. The molecule has 0 spiro atoms.